The smallest absolute Gasteiger partial charge is 0.254 e. The largest absolute Gasteiger partial charge is 0.378 e. The number of nitrogens with two attached hydrogens (primary N) is 1. The van der Waals surface area contributed by atoms with Gasteiger partial charge in [-0.2, -0.15) is 0 Å². The van der Waals surface area contributed by atoms with Crippen LogP contribution in [-0.2, 0) is 4.74 Å². The Balaban J connectivity index is 2.06. The summed E-state index contributed by atoms with van der Waals surface area (Å²) in [5, 5.41) is 1.85. The number of nitrogens with zero attached hydrogens (tertiary/aromatic N) is 1. The quantitative estimate of drug-likeness (QED) is 0.740. The normalized spacial score (nSPS) is 15.2. The highest BCUT2D eigenvalue weighted by Crippen LogP contribution is 2.16. The van der Waals surface area contributed by atoms with Crippen LogP contribution in [0.15, 0.2) is 11.4 Å². The number of carbonyl (C=O) groups excluding carboxylic acids is 1. The lowest BCUT2D eigenvalue weighted by Gasteiger charge is -2.26. The van der Waals surface area contributed by atoms with E-state index < -0.39 is 0 Å². The number of hydrogen-bond donors (Lipinski definition) is 1. The van der Waals surface area contributed by atoms with E-state index in [-0.39, 0.29) is 5.91 Å². The van der Waals surface area contributed by atoms with Gasteiger partial charge in [0, 0.05) is 18.5 Å². The molecule has 0 spiro atoms. The Morgan fingerprint density at radius 1 is 1.53 bits per heavy atom. The van der Waals surface area contributed by atoms with Gasteiger partial charge in [0.25, 0.3) is 5.91 Å². The molecule has 2 heterocycles. The minimum atomic E-state index is 0.0605. The van der Waals surface area contributed by atoms with E-state index in [1.807, 2.05) is 16.3 Å². The van der Waals surface area contributed by atoms with Crippen LogP contribution in [0, 0.1) is 11.8 Å². The molecule has 0 aliphatic carbocycles. The molecule has 5 heteroatoms. The molecule has 0 bridgehead atoms. The zero-order valence-corrected chi connectivity index (χ0v) is 10.3. The van der Waals surface area contributed by atoms with Crippen molar-refractivity contribution < 1.29 is 9.53 Å². The first-order valence-corrected chi connectivity index (χ1v) is 6.33. The van der Waals surface area contributed by atoms with Crippen molar-refractivity contribution in [2.45, 2.75) is 0 Å². The Labute approximate surface area is 104 Å². The summed E-state index contributed by atoms with van der Waals surface area (Å²) < 4.78 is 5.22. The van der Waals surface area contributed by atoms with Crippen LogP contribution in [0.25, 0.3) is 0 Å². The van der Waals surface area contributed by atoms with Crippen molar-refractivity contribution in [2.24, 2.45) is 5.73 Å². The van der Waals surface area contributed by atoms with Crippen LogP contribution in [-0.4, -0.2) is 43.7 Å². The van der Waals surface area contributed by atoms with Crippen LogP contribution in [0.5, 0.6) is 0 Å². The topological polar surface area (TPSA) is 55.6 Å². The first kappa shape index (κ1) is 12.1. The summed E-state index contributed by atoms with van der Waals surface area (Å²) in [7, 11) is 0. The maximum atomic E-state index is 12.1. The summed E-state index contributed by atoms with van der Waals surface area (Å²) in [5.41, 5.74) is 6.01. The molecule has 1 amide bonds. The zero-order valence-electron chi connectivity index (χ0n) is 9.44. The molecule has 1 saturated heterocycles. The Morgan fingerprint density at radius 3 is 3.00 bits per heavy atom. The summed E-state index contributed by atoms with van der Waals surface area (Å²) >= 11 is 1.47. The third kappa shape index (κ3) is 3.07. The lowest BCUT2D eigenvalue weighted by Crippen LogP contribution is -2.40. The predicted molar refractivity (Wildman–Crippen MR) is 67.0 cm³/mol. The standard InChI is InChI=1S/C12H14N2O2S/c13-3-1-2-11-8-10(9-17-11)12(15)14-4-6-16-7-5-14/h8-9H,3-7,13H2. The maximum absolute atomic E-state index is 12.1. The number of ether oxygens (including phenoxy) is 1. The molecular weight excluding hydrogens is 236 g/mol. The van der Waals surface area contributed by atoms with Crippen molar-refractivity contribution in [3.05, 3.63) is 21.9 Å². The van der Waals surface area contributed by atoms with Crippen LogP contribution >= 0.6 is 11.3 Å². The molecule has 0 saturated carbocycles. The molecule has 1 aliphatic rings. The molecule has 2 rings (SSSR count). The van der Waals surface area contributed by atoms with E-state index in [0.717, 1.165) is 4.88 Å². The van der Waals surface area contributed by atoms with Gasteiger partial charge in [0.15, 0.2) is 0 Å². The molecule has 1 aliphatic heterocycles. The molecule has 17 heavy (non-hydrogen) atoms. The fraction of sp³-hybridized carbons (Fsp3) is 0.417. The van der Waals surface area contributed by atoms with E-state index in [0.29, 0.717) is 38.4 Å². The second-order valence-electron chi connectivity index (χ2n) is 3.61. The van der Waals surface area contributed by atoms with Gasteiger partial charge in [0.1, 0.15) is 0 Å². The SMILES string of the molecule is NCC#Cc1cc(C(=O)N2CCOCC2)cs1. The highest BCUT2D eigenvalue weighted by molar-refractivity contribution is 7.10. The van der Waals surface area contributed by atoms with E-state index in [1.165, 1.54) is 11.3 Å². The summed E-state index contributed by atoms with van der Waals surface area (Å²) in [5.74, 6) is 5.77. The molecule has 4 nitrogen and oxygen atoms in total. The van der Waals surface area contributed by atoms with E-state index >= 15 is 0 Å². The zero-order chi connectivity index (χ0) is 12.1. The number of amides is 1. The number of rotatable bonds is 1. The number of thiophene rings is 1. The van der Waals surface area contributed by atoms with Gasteiger partial charge in [-0.3, -0.25) is 4.79 Å². The summed E-state index contributed by atoms with van der Waals surface area (Å²) in [6.07, 6.45) is 0. The van der Waals surface area contributed by atoms with Crippen LogP contribution in [0.2, 0.25) is 0 Å². The summed E-state index contributed by atoms with van der Waals surface area (Å²) in [4.78, 5) is 14.8. The van der Waals surface area contributed by atoms with Gasteiger partial charge in [-0.15, -0.1) is 11.3 Å². The highest BCUT2D eigenvalue weighted by atomic mass is 32.1. The molecule has 1 aromatic heterocycles. The fourth-order valence-electron chi connectivity index (χ4n) is 1.60. The lowest BCUT2D eigenvalue weighted by atomic mass is 10.2. The molecule has 0 radical (unpaired) electrons. The second kappa shape index (κ2) is 5.82. The molecule has 1 fully saturated rings. The summed E-state index contributed by atoms with van der Waals surface area (Å²) in [6, 6.07) is 1.82. The van der Waals surface area contributed by atoms with Crippen LogP contribution < -0.4 is 5.73 Å². The Kier molecular flexibility index (Phi) is 4.15. The third-order valence-corrected chi connectivity index (χ3v) is 3.30. The molecule has 90 valence electrons. The Morgan fingerprint density at radius 2 is 2.29 bits per heavy atom. The van der Waals surface area contributed by atoms with Crippen molar-refractivity contribution in [3.8, 4) is 11.8 Å². The van der Waals surface area contributed by atoms with Crippen molar-refractivity contribution in [1.29, 1.82) is 0 Å². The number of carbonyl (C=O) groups is 1. The molecule has 0 aromatic carbocycles. The fourth-order valence-corrected chi connectivity index (χ4v) is 2.35. The second-order valence-corrected chi connectivity index (χ2v) is 4.52. The van der Waals surface area contributed by atoms with Crippen LogP contribution in [0.1, 0.15) is 15.2 Å². The Hall–Kier alpha value is -1.35. The molecule has 1 aromatic rings. The number of morpholine rings is 1. The van der Waals surface area contributed by atoms with E-state index in [4.69, 9.17) is 10.5 Å². The minimum absolute atomic E-state index is 0.0605. The third-order valence-electron chi connectivity index (χ3n) is 2.46. The van der Waals surface area contributed by atoms with Crippen molar-refractivity contribution in [2.75, 3.05) is 32.8 Å². The number of hydrogen-bond acceptors (Lipinski definition) is 4. The van der Waals surface area contributed by atoms with Crippen LogP contribution in [0.3, 0.4) is 0 Å². The maximum Gasteiger partial charge on any atom is 0.254 e. The van der Waals surface area contributed by atoms with Crippen molar-refractivity contribution in [3.63, 3.8) is 0 Å². The first-order chi connectivity index (χ1) is 8.31. The van der Waals surface area contributed by atoms with E-state index in [1.54, 1.807) is 0 Å². The summed E-state index contributed by atoms with van der Waals surface area (Å²) in [6.45, 7) is 2.91. The van der Waals surface area contributed by atoms with Crippen molar-refractivity contribution in [1.82, 2.24) is 4.90 Å². The molecular formula is C12H14N2O2S. The van der Waals surface area contributed by atoms with Gasteiger partial charge in [-0.05, 0) is 6.07 Å². The Bertz CT molecular complexity index is 453. The highest BCUT2D eigenvalue weighted by Gasteiger charge is 2.19. The molecule has 0 atom stereocenters. The lowest BCUT2D eigenvalue weighted by molar-refractivity contribution is 0.0303. The van der Waals surface area contributed by atoms with Gasteiger partial charge in [0.05, 0.1) is 30.2 Å². The first-order valence-electron chi connectivity index (χ1n) is 5.46. The van der Waals surface area contributed by atoms with Gasteiger partial charge in [-0.1, -0.05) is 11.8 Å². The average molecular weight is 250 g/mol. The van der Waals surface area contributed by atoms with Gasteiger partial charge >= 0.3 is 0 Å². The van der Waals surface area contributed by atoms with Gasteiger partial charge in [-0.25, -0.2) is 0 Å². The molecule has 0 unspecified atom stereocenters. The van der Waals surface area contributed by atoms with Gasteiger partial charge in [0.2, 0.25) is 0 Å². The van der Waals surface area contributed by atoms with Crippen LogP contribution in [0.4, 0.5) is 0 Å². The molecule has 2 N–H and O–H groups in total. The van der Waals surface area contributed by atoms with Crippen molar-refractivity contribution >= 4 is 17.2 Å². The van der Waals surface area contributed by atoms with Gasteiger partial charge < -0.3 is 15.4 Å². The average Bonchev–Trinajstić information content (AvgIpc) is 2.85. The minimum Gasteiger partial charge on any atom is -0.378 e. The van der Waals surface area contributed by atoms with E-state index in [9.17, 15) is 4.79 Å². The monoisotopic (exact) mass is 250 g/mol. The van der Waals surface area contributed by atoms with E-state index in [2.05, 4.69) is 11.8 Å². The predicted octanol–water partition coefficient (Wildman–Crippen LogP) is 0.531.